The average molecular weight is 414 g/mol. The first-order valence-electron chi connectivity index (χ1n) is 9.23. The molecule has 0 fully saturated rings. The number of nitrogens with zero attached hydrogens (tertiary/aromatic N) is 3. The van der Waals surface area contributed by atoms with Crippen molar-refractivity contribution in [2.24, 2.45) is 0 Å². The summed E-state index contributed by atoms with van der Waals surface area (Å²) in [5, 5.41) is 11.4. The number of para-hydroxylation sites is 1. The van der Waals surface area contributed by atoms with Gasteiger partial charge in [-0.15, -0.1) is 10.2 Å². The van der Waals surface area contributed by atoms with Crippen molar-refractivity contribution in [1.82, 2.24) is 14.8 Å². The van der Waals surface area contributed by atoms with E-state index in [-0.39, 0.29) is 12.2 Å². The quantitative estimate of drug-likeness (QED) is 0.504. The molecule has 4 rings (SSSR count). The summed E-state index contributed by atoms with van der Waals surface area (Å²) in [6, 6.07) is 11.9. The van der Waals surface area contributed by atoms with Gasteiger partial charge in [-0.3, -0.25) is 4.79 Å². The summed E-state index contributed by atoms with van der Waals surface area (Å²) in [5.74, 6) is 0.394. The van der Waals surface area contributed by atoms with Crippen LogP contribution in [0.5, 0.6) is 0 Å². The van der Waals surface area contributed by atoms with Crippen molar-refractivity contribution in [2.45, 2.75) is 26.1 Å². The van der Waals surface area contributed by atoms with Crippen molar-refractivity contribution in [3.63, 3.8) is 0 Å². The van der Waals surface area contributed by atoms with Crippen LogP contribution in [-0.4, -0.2) is 20.7 Å². The Morgan fingerprint density at radius 3 is 2.67 bits per heavy atom. The molecule has 4 aromatic rings. The molecule has 9 heteroatoms. The summed E-state index contributed by atoms with van der Waals surface area (Å²) < 4.78 is 46.0. The molecule has 2 heterocycles. The molecule has 0 saturated heterocycles. The van der Waals surface area contributed by atoms with Crippen molar-refractivity contribution in [3.05, 3.63) is 66.2 Å². The fraction of sp³-hybridized carbons (Fsp3) is 0.190. The maximum Gasteiger partial charge on any atom is 0.416 e. The number of aryl methyl sites for hydroxylation is 1. The van der Waals surface area contributed by atoms with Gasteiger partial charge in [-0.2, -0.15) is 13.2 Å². The molecule has 0 aliphatic carbocycles. The molecule has 1 amide bonds. The lowest BCUT2D eigenvalue weighted by Crippen LogP contribution is -2.18. The number of carbonyl (C=O) groups is 1. The Kier molecular flexibility index (Phi) is 5.03. The van der Waals surface area contributed by atoms with Gasteiger partial charge in [-0.25, -0.2) is 0 Å². The molecule has 0 bridgehead atoms. The number of rotatable bonds is 5. The molecule has 0 spiro atoms. The number of amides is 1. The summed E-state index contributed by atoms with van der Waals surface area (Å²) in [6.07, 6.45) is -2.15. The zero-order valence-corrected chi connectivity index (χ0v) is 15.9. The highest BCUT2D eigenvalue weighted by Crippen LogP contribution is 2.31. The number of fused-ring (bicyclic) bond motifs is 1. The van der Waals surface area contributed by atoms with Gasteiger partial charge in [0.05, 0.1) is 11.1 Å². The predicted octanol–water partition coefficient (Wildman–Crippen LogP) is 4.91. The minimum Gasteiger partial charge on any atom is -0.421 e. The molecule has 30 heavy (non-hydrogen) atoms. The summed E-state index contributed by atoms with van der Waals surface area (Å²) in [7, 11) is 0. The molecular formula is C21H17F3N4O2. The summed E-state index contributed by atoms with van der Waals surface area (Å²) in [5.41, 5.74) is 0.709. The van der Waals surface area contributed by atoms with Gasteiger partial charge in [0.1, 0.15) is 6.54 Å². The van der Waals surface area contributed by atoms with Crippen LogP contribution in [0.4, 0.5) is 18.9 Å². The molecule has 0 aliphatic rings. The highest BCUT2D eigenvalue weighted by atomic mass is 19.4. The minimum absolute atomic E-state index is 0.0796. The van der Waals surface area contributed by atoms with Crippen LogP contribution in [0.15, 0.2) is 59.1 Å². The number of halogens is 3. The average Bonchev–Trinajstić information content (AvgIpc) is 3.32. The SMILES string of the molecule is CCc1nnc(-c2cn(CC(=O)Nc3cccc(C(F)(F)F)c3)c3ccccc23)o1. The third kappa shape index (κ3) is 3.91. The molecular weight excluding hydrogens is 397 g/mol. The van der Waals surface area contributed by atoms with Gasteiger partial charge in [0.15, 0.2) is 0 Å². The van der Waals surface area contributed by atoms with Crippen LogP contribution in [0.25, 0.3) is 22.4 Å². The second-order valence-electron chi connectivity index (χ2n) is 6.67. The third-order valence-corrected chi connectivity index (χ3v) is 4.58. The van der Waals surface area contributed by atoms with Crippen molar-refractivity contribution in [1.29, 1.82) is 0 Å². The first-order chi connectivity index (χ1) is 14.3. The van der Waals surface area contributed by atoms with E-state index in [1.165, 1.54) is 12.1 Å². The van der Waals surface area contributed by atoms with Crippen LogP contribution in [0.3, 0.4) is 0 Å². The van der Waals surface area contributed by atoms with Gasteiger partial charge in [-0.05, 0) is 24.3 Å². The number of benzene rings is 2. The Labute approximate surface area is 169 Å². The van der Waals surface area contributed by atoms with E-state index in [4.69, 9.17) is 4.42 Å². The van der Waals surface area contributed by atoms with E-state index in [1.54, 1.807) is 10.8 Å². The Morgan fingerprint density at radius 2 is 1.93 bits per heavy atom. The summed E-state index contributed by atoms with van der Waals surface area (Å²) in [4.78, 5) is 12.5. The molecule has 0 aliphatic heterocycles. The number of alkyl halides is 3. The lowest BCUT2D eigenvalue weighted by atomic mass is 10.2. The van der Waals surface area contributed by atoms with Gasteiger partial charge in [0.2, 0.25) is 17.7 Å². The van der Waals surface area contributed by atoms with Gasteiger partial charge in [0, 0.05) is 29.2 Å². The first-order valence-corrected chi connectivity index (χ1v) is 9.23. The molecule has 2 aromatic heterocycles. The van der Waals surface area contributed by atoms with Gasteiger partial charge < -0.3 is 14.3 Å². The number of hydrogen-bond acceptors (Lipinski definition) is 4. The largest absolute Gasteiger partial charge is 0.421 e. The van der Waals surface area contributed by atoms with Crippen LogP contribution in [-0.2, 0) is 23.9 Å². The molecule has 0 saturated carbocycles. The standard InChI is InChI=1S/C21H17F3N4O2/c1-2-19-26-27-20(30-19)16-11-28(17-9-4-3-8-15(16)17)12-18(29)25-14-7-5-6-13(10-14)21(22,23)24/h3-11H,2,12H2,1H3,(H,25,29). The fourth-order valence-electron chi connectivity index (χ4n) is 3.18. The van der Waals surface area contributed by atoms with Gasteiger partial charge >= 0.3 is 6.18 Å². The maximum absolute atomic E-state index is 12.9. The normalized spacial score (nSPS) is 11.7. The second kappa shape index (κ2) is 7.66. The predicted molar refractivity (Wildman–Crippen MR) is 105 cm³/mol. The topological polar surface area (TPSA) is 73.0 Å². The van der Waals surface area contributed by atoms with E-state index in [2.05, 4.69) is 15.5 Å². The van der Waals surface area contributed by atoms with Gasteiger partial charge in [-0.1, -0.05) is 31.2 Å². The van der Waals surface area contributed by atoms with Crippen molar-refractivity contribution in [2.75, 3.05) is 5.32 Å². The molecule has 0 radical (unpaired) electrons. The van der Waals surface area contributed by atoms with E-state index in [9.17, 15) is 18.0 Å². The number of nitrogens with one attached hydrogen (secondary N) is 1. The molecule has 154 valence electrons. The molecule has 1 N–H and O–H groups in total. The highest BCUT2D eigenvalue weighted by molar-refractivity contribution is 5.96. The van der Waals surface area contributed by atoms with Gasteiger partial charge in [0.25, 0.3) is 0 Å². The van der Waals surface area contributed by atoms with Crippen LogP contribution in [0, 0.1) is 0 Å². The minimum atomic E-state index is -4.48. The monoisotopic (exact) mass is 414 g/mol. The van der Waals surface area contributed by atoms with Crippen molar-refractivity contribution >= 4 is 22.5 Å². The highest BCUT2D eigenvalue weighted by Gasteiger charge is 2.30. The zero-order chi connectivity index (χ0) is 21.3. The molecule has 2 aromatic carbocycles. The molecule has 0 unspecified atom stereocenters. The molecule has 6 nitrogen and oxygen atoms in total. The van der Waals surface area contributed by atoms with Crippen molar-refractivity contribution in [3.8, 4) is 11.5 Å². The Balaban J connectivity index is 1.60. The van der Waals surface area contributed by atoms with E-state index < -0.39 is 17.6 Å². The van der Waals surface area contributed by atoms with E-state index in [0.29, 0.717) is 23.8 Å². The van der Waals surface area contributed by atoms with E-state index >= 15 is 0 Å². The van der Waals surface area contributed by atoms with Crippen LogP contribution < -0.4 is 5.32 Å². The third-order valence-electron chi connectivity index (χ3n) is 4.58. The number of carbonyl (C=O) groups excluding carboxylic acids is 1. The Morgan fingerprint density at radius 1 is 1.13 bits per heavy atom. The fourth-order valence-corrected chi connectivity index (χ4v) is 3.18. The summed E-state index contributed by atoms with van der Waals surface area (Å²) in [6.45, 7) is 1.81. The number of aromatic nitrogens is 3. The number of anilines is 1. The lowest BCUT2D eigenvalue weighted by molar-refractivity contribution is -0.137. The van der Waals surface area contributed by atoms with Crippen LogP contribution >= 0.6 is 0 Å². The zero-order valence-electron chi connectivity index (χ0n) is 15.9. The maximum atomic E-state index is 12.9. The lowest BCUT2D eigenvalue weighted by Gasteiger charge is -2.10. The first kappa shape index (κ1) is 19.7. The van der Waals surface area contributed by atoms with Crippen LogP contribution in [0.2, 0.25) is 0 Å². The van der Waals surface area contributed by atoms with E-state index in [1.807, 2.05) is 31.2 Å². The second-order valence-corrected chi connectivity index (χ2v) is 6.67. The molecule has 0 atom stereocenters. The van der Waals surface area contributed by atoms with Crippen molar-refractivity contribution < 1.29 is 22.4 Å². The van der Waals surface area contributed by atoms with Crippen LogP contribution in [0.1, 0.15) is 18.4 Å². The van der Waals surface area contributed by atoms with E-state index in [0.717, 1.165) is 23.0 Å². The Hall–Kier alpha value is -3.62. The smallest absolute Gasteiger partial charge is 0.416 e. The summed E-state index contributed by atoms with van der Waals surface area (Å²) >= 11 is 0. The number of hydrogen-bond donors (Lipinski definition) is 1. The Bertz CT molecular complexity index is 1210.